The maximum atomic E-state index is 12.6. The molecule has 1 aliphatic rings. The van der Waals surface area contributed by atoms with Crippen molar-refractivity contribution in [1.82, 2.24) is 0 Å². The molecule has 0 aromatic heterocycles. The van der Waals surface area contributed by atoms with Crippen LogP contribution in [0.25, 0.3) is 0 Å². The van der Waals surface area contributed by atoms with Crippen molar-refractivity contribution in [2.75, 3.05) is 27.9 Å². The van der Waals surface area contributed by atoms with Gasteiger partial charge in [-0.1, -0.05) is 57.6 Å². The van der Waals surface area contributed by atoms with E-state index in [9.17, 15) is 9.59 Å². The Morgan fingerprint density at radius 2 is 1.37 bits per heavy atom. The molecule has 0 amide bonds. The van der Waals surface area contributed by atoms with Crippen LogP contribution in [0.5, 0.6) is 23.0 Å². The maximum Gasteiger partial charge on any atom is 0.311 e. The minimum Gasteiger partial charge on any atom is -0.493 e. The molecule has 3 rings (SSSR count). The maximum absolute atomic E-state index is 12.6. The number of esters is 2. The number of cyclic esters (lactones) is 1. The predicted molar refractivity (Wildman–Crippen MR) is 146 cm³/mol. The van der Waals surface area contributed by atoms with Gasteiger partial charge < -0.3 is 23.7 Å². The second-order valence-corrected chi connectivity index (χ2v) is 9.92. The fourth-order valence-corrected chi connectivity index (χ4v) is 4.94. The molecule has 0 saturated carbocycles. The molecule has 1 fully saturated rings. The van der Waals surface area contributed by atoms with E-state index < -0.39 is 0 Å². The zero-order chi connectivity index (χ0) is 27.3. The minimum atomic E-state index is -0.279. The number of ether oxygens (including phenoxy) is 5. The lowest BCUT2D eigenvalue weighted by Crippen LogP contribution is -2.20. The standard InChI is InChI=1S/C31H42O7/c1-5-6-7-8-9-10-11-12-30(32)38-27-16-14-23(20-29(27)36-4)18-25-24(21-37-31(25)33)17-22-13-15-26(34-2)28(19-22)35-3/h13-16,19-20,24-25H,5-12,17-18,21H2,1-4H3/t24-,25+/m0/s1. The van der Waals surface area contributed by atoms with Gasteiger partial charge in [0.05, 0.1) is 33.9 Å². The van der Waals surface area contributed by atoms with Gasteiger partial charge in [0.1, 0.15) is 0 Å². The van der Waals surface area contributed by atoms with Gasteiger partial charge in [-0.2, -0.15) is 0 Å². The van der Waals surface area contributed by atoms with E-state index >= 15 is 0 Å². The van der Waals surface area contributed by atoms with Gasteiger partial charge in [0.25, 0.3) is 0 Å². The fourth-order valence-electron chi connectivity index (χ4n) is 4.94. The van der Waals surface area contributed by atoms with Gasteiger partial charge in [0.15, 0.2) is 23.0 Å². The van der Waals surface area contributed by atoms with Crippen LogP contribution >= 0.6 is 0 Å². The van der Waals surface area contributed by atoms with Crippen molar-refractivity contribution in [2.24, 2.45) is 11.8 Å². The van der Waals surface area contributed by atoms with Gasteiger partial charge >= 0.3 is 11.9 Å². The third-order valence-corrected chi connectivity index (χ3v) is 7.15. The Labute approximate surface area is 226 Å². The Morgan fingerprint density at radius 1 is 0.789 bits per heavy atom. The van der Waals surface area contributed by atoms with Gasteiger partial charge in [-0.05, 0) is 54.7 Å². The average Bonchev–Trinajstić information content (AvgIpc) is 3.27. The number of carbonyl (C=O) groups is 2. The van der Waals surface area contributed by atoms with Crippen molar-refractivity contribution >= 4 is 11.9 Å². The van der Waals surface area contributed by atoms with Crippen molar-refractivity contribution in [1.29, 1.82) is 0 Å². The summed E-state index contributed by atoms with van der Waals surface area (Å²) >= 11 is 0. The average molecular weight is 527 g/mol. The molecule has 0 bridgehead atoms. The molecule has 1 heterocycles. The topological polar surface area (TPSA) is 80.3 Å². The van der Waals surface area contributed by atoms with E-state index in [1.807, 2.05) is 30.3 Å². The first-order chi connectivity index (χ1) is 18.5. The molecule has 38 heavy (non-hydrogen) atoms. The van der Waals surface area contributed by atoms with Crippen LogP contribution in [-0.4, -0.2) is 39.9 Å². The number of unbranched alkanes of at least 4 members (excludes halogenated alkanes) is 6. The molecule has 7 heteroatoms. The van der Waals surface area contributed by atoms with Crippen molar-refractivity contribution in [3.8, 4) is 23.0 Å². The van der Waals surface area contributed by atoms with Crippen LogP contribution in [0.3, 0.4) is 0 Å². The van der Waals surface area contributed by atoms with Crippen molar-refractivity contribution in [2.45, 2.75) is 71.1 Å². The molecule has 2 atom stereocenters. The van der Waals surface area contributed by atoms with Gasteiger partial charge in [0.2, 0.25) is 0 Å². The van der Waals surface area contributed by atoms with Crippen LogP contribution in [0, 0.1) is 11.8 Å². The summed E-state index contributed by atoms with van der Waals surface area (Å²) in [5, 5.41) is 0. The van der Waals surface area contributed by atoms with E-state index in [-0.39, 0.29) is 23.8 Å². The van der Waals surface area contributed by atoms with Gasteiger partial charge in [-0.3, -0.25) is 9.59 Å². The first-order valence-electron chi connectivity index (χ1n) is 13.7. The zero-order valence-corrected chi connectivity index (χ0v) is 23.3. The third-order valence-electron chi connectivity index (χ3n) is 7.15. The summed E-state index contributed by atoms with van der Waals surface area (Å²) in [5.41, 5.74) is 1.98. The van der Waals surface area contributed by atoms with Crippen molar-refractivity contribution in [3.63, 3.8) is 0 Å². The van der Waals surface area contributed by atoms with E-state index in [0.29, 0.717) is 48.9 Å². The minimum absolute atomic E-state index is 0.0334. The number of hydrogen-bond acceptors (Lipinski definition) is 7. The largest absolute Gasteiger partial charge is 0.493 e. The Kier molecular flexibility index (Phi) is 11.8. The Hall–Kier alpha value is -3.22. The van der Waals surface area contributed by atoms with E-state index in [4.69, 9.17) is 23.7 Å². The molecule has 7 nitrogen and oxygen atoms in total. The van der Waals surface area contributed by atoms with E-state index in [1.54, 1.807) is 27.4 Å². The Morgan fingerprint density at radius 3 is 2.03 bits per heavy atom. The smallest absolute Gasteiger partial charge is 0.311 e. The third kappa shape index (κ3) is 8.40. The van der Waals surface area contributed by atoms with Crippen molar-refractivity contribution < 1.29 is 33.3 Å². The second kappa shape index (κ2) is 15.3. The normalized spacial score (nSPS) is 16.7. The summed E-state index contributed by atoms with van der Waals surface area (Å²) in [6.07, 6.45) is 9.61. The molecule has 0 N–H and O–H groups in total. The van der Waals surface area contributed by atoms with E-state index in [2.05, 4.69) is 6.92 Å². The van der Waals surface area contributed by atoms with Crippen LogP contribution in [-0.2, 0) is 27.2 Å². The number of hydrogen-bond donors (Lipinski definition) is 0. The van der Waals surface area contributed by atoms with E-state index in [1.165, 1.54) is 25.7 Å². The lowest BCUT2D eigenvalue weighted by atomic mass is 9.85. The lowest BCUT2D eigenvalue weighted by molar-refractivity contribution is -0.141. The highest BCUT2D eigenvalue weighted by atomic mass is 16.6. The summed E-state index contributed by atoms with van der Waals surface area (Å²) in [5.74, 6) is 1.52. The van der Waals surface area contributed by atoms with Crippen LogP contribution in [0.2, 0.25) is 0 Å². The monoisotopic (exact) mass is 526 g/mol. The van der Waals surface area contributed by atoms with E-state index in [0.717, 1.165) is 30.4 Å². The van der Waals surface area contributed by atoms with Crippen LogP contribution in [0.15, 0.2) is 36.4 Å². The molecule has 0 spiro atoms. The lowest BCUT2D eigenvalue weighted by Gasteiger charge is -2.17. The number of benzene rings is 2. The van der Waals surface area contributed by atoms with Gasteiger partial charge in [-0.25, -0.2) is 0 Å². The zero-order valence-electron chi connectivity index (χ0n) is 23.3. The highest BCUT2D eigenvalue weighted by Crippen LogP contribution is 2.35. The molecule has 0 aliphatic carbocycles. The molecule has 2 aromatic carbocycles. The Bertz CT molecular complexity index is 1050. The second-order valence-electron chi connectivity index (χ2n) is 9.92. The van der Waals surface area contributed by atoms with Crippen LogP contribution < -0.4 is 18.9 Å². The van der Waals surface area contributed by atoms with Crippen molar-refractivity contribution in [3.05, 3.63) is 47.5 Å². The fraction of sp³-hybridized carbons (Fsp3) is 0.548. The first kappa shape index (κ1) is 29.3. The Balaban J connectivity index is 1.57. The number of carbonyl (C=O) groups excluding carboxylic acids is 2. The quantitative estimate of drug-likeness (QED) is 0.144. The number of rotatable bonds is 16. The highest BCUT2D eigenvalue weighted by Gasteiger charge is 2.37. The summed E-state index contributed by atoms with van der Waals surface area (Å²) in [6.45, 7) is 2.58. The van der Waals surface area contributed by atoms with Crippen LogP contribution in [0.4, 0.5) is 0 Å². The highest BCUT2D eigenvalue weighted by molar-refractivity contribution is 5.75. The van der Waals surface area contributed by atoms with Gasteiger partial charge in [0, 0.05) is 12.3 Å². The molecular weight excluding hydrogens is 484 g/mol. The summed E-state index contributed by atoms with van der Waals surface area (Å²) in [6, 6.07) is 11.3. The summed E-state index contributed by atoms with van der Waals surface area (Å²) in [7, 11) is 4.76. The number of methoxy groups -OCH3 is 3. The molecule has 1 aliphatic heterocycles. The molecule has 0 radical (unpaired) electrons. The molecule has 208 valence electrons. The van der Waals surface area contributed by atoms with Crippen LogP contribution in [0.1, 0.15) is 69.4 Å². The molecule has 2 aromatic rings. The first-order valence-corrected chi connectivity index (χ1v) is 13.7. The summed E-state index contributed by atoms with van der Waals surface area (Å²) in [4.78, 5) is 25.0. The van der Waals surface area contributed by atoms with Gasteiger partial charge in [-0.15, -0.1) is 0 Å². The molecule has 0 unspecified atom stereocenters. The SMILES string of the molecule is CCCCCCCCCC(=O)Oc1ccc(C[C@H]2C(=O)OC[C@@H]2Cc2ccc(OC)c(OC)c2)cc1OC. The summed E-state index contributed by atoms with van der Waals surface area (Å²) < 4.78 is 27.3. The molecular formula is C31H42O7. The predicted octanol–water partition coefficient (Wildman–Crippen LogP) is 6.33. The molecule has 1 saturated heterocycles.